The molecule has 0 unspecified atom stereocenters. The first kappa shape index (κ1) is 14.0. The van der Waals surface area contributed by atoms with Crippen molar-refractivity contribution in [2.45, 2.75) is 11.4 Å². The second kappa shape index (κ2) is 5.46. The lowest BCUT2D eigenvalue weighted by molar-refractivity contribution is 0.602. The van der Waals surface area contributed by atoms with Crippen LogP contribution in [0.15, 0.2) is 53.4 Å². The summed E-state index contributed by atoms with van der Waals surface area (Å²) >= 11 is 1.46. The van der Waals surface area contributed by atoms with Crippen LogP contribution in [0.5, 0.6) is 0 Å². The fourth-order valence-corrected chi connectivity index (χ4v) is 3.61. The van der Waals surface area contributed by atoms with Gasteiger partial charge in [0.2, 0.25) is 0 Å². The second-order valence-corrected chi connectivity index (χ2v) is 7.81. The van der Waals surface area contributed by atoms with Gasteiger partial charge in [-0.3, -0.25) is 0 Å². The Hall–Kier alpha value is -1.92. The van der Waals surface area contributed by atoms with Gasteiger partial charge in [-0.25, -0.2) is 13.4 Å². The number of nitrogens with one attached hydrogen (secondary N) is 1. The molecule has 1 N–H and O–H groups in total. The summed E-state index contributed by atoms with van der Waals surface area (Å²) in [6.07, 6.45) is 1.21. The second-order valence-electron chi connectivity index (χ2n) is 4.76. The molecule has 0 radical (unpaired) electrons. The zero-order valence-corrected chi connectivity index (χ0v) is 13.0. The Kier molecular flexibility index (Phi) is 3.65. The summed E-state index contributed by atoms with van der Waals surface area (Å²) in [6.45, 7) is 0.694. The third-order valence-electron chi connectivity index (χ3n) is 3.07. The number of fused-ring (bicyclic) bond motifs is 1. The molecule has 0 spiro atoms. The van der Waals surface area contributed by atoms with Crippen LogP contribution < -0.4 is 5.32 Å². The molecule has 108 valence electrons. The molecule has 0 amide bonds. The van der Waals surface area contributed by atoms with Gasteiger partial charge in [-0.1, -0.05) is 41.7 Å². The highest BCUT2D eigenvalue weighted by Gasteiger charge is 2.10. The highest BCUT2D eigenvalue weighted by molar-refractivity contribution is 7.90. The maximum Gasteiger partial charge on any atom is 0.184 e. The number of hydrogen-bond donors (Lipinski definition) is 1. The quantitative estimate of drug-likeness (QED) is 0.802. The predicted molar refractivity (Wildman–Crippen MR) is 86.5 cm³/mol. The van der Waals surface area contributed by atoms with Gasteiger partial charge in [-0.2, -0.15) is 0 Å². The van der Waals surface area contributed by atoms with E-state index in [1.165, 1.54) is 23.2 Å². The Morgan fingerprint density at radius 1 is 1.14 bits per heavy atom. The smallest absolute Gasteiger partial charge is 0.184 e. The van der Waals surface area contributed by atoms with Gasteiger partial charge in [0.1, 0.15) is 0 Å². The van der Waals surface area contributed by atoms with Crippen molar-refractivity contribution in [3.05, 3.63) is 54.1 Å². The zero-order valence-electron chi connectivity index (χ0n) is 11.4. The summed E-state index contributed by atoms with van der Waals surface area (Å²) in [5.41, 5.74) is 1.98. The van der Waals surface area contributed by atoms with E-state index in [0.29, 0.717) is 11.4 Å². The fraction of sp³-hybridized carbons (Fsp3) is 0.133. The molecule has 21 heavy (non-hydrogen) atoms. The molecular weight excluding hydrogens is 304 g/mol. The maximum absolute atomic E-state index is 11.6. The Morgan fingerprint density at radius 2 is 1.90 bits per heavy atom. The Balaban J connectivity index is 1.84. The van der Waals surface area contributed by atoms with E-state index < -0.39 is 9.84 Å². The van der Waals surface area contributed by atoms with Gasteiger partial charge >= 0.3 is 0 Å². The van der Waals surface area contributed by atoms with Crippen LogP contribution in [0.4, 0.5) is 5.13 Å². The molecule has 0 saturated carbocycles. The number of nitrogens with zero attached hydrogens (tertiary/aromatic N) is 1. The molecule has 0 bridgehead atoms. The molecular formula is C15H14N2O2S2. The van der Waals surface area contributed by atoms with Crippen molar-refractivity contribution in [2.24, 2.45) is 0 Å². The Morgan fingerprint density at radius 3 is 2.62 bits per heavy atom. The van der Waals surface area contributed by atoms with Crippen molar-refractivity contribution in [2.75, 3.05) is 11.6 Å². The summed E-state index contributed by atoms with van der Waals surface area (Å²) in [4.78, 5) is 4.79. The van der Waals surface area contributed by atoms with E-state index in [0.717, 1.165) is 15.3 Å². The number of aromatic nitrogens is 1. The monoisotopic (exact) mass is 318 g/mol. The first-order chi connectivity index (χ1) is 10.0. The highest BCUT2D eigenvalue weighted by Crippen LogP contribution is 2.28. The molecule has 2 aromatic carbocycles. The largest absolute Gasteiger partial charge is 0.357 e. The number of hydrogen-bond acceptors (Lipinski definition) is 5. The molecule has 1 aromatic heterocycles. The average molecular weight is 318 g/mol. The van der Waals surface area contributed by atoms with Crippen LogP contribution in [0.3, 0.4) is 0 Å². The van der Waals surface area contributed by atoms with Gasteiger partial charge in [-0.05, 0) is 23.8 Å². The lowest BCUT2D eigenvalue weighted by Gasteiger charge is -2.01. The molecule has 0 atom stereocenters. The van der Waals surface area contributed by atoms with E-state index in [1.54, 1.807) is 18.2 Å². The molecule has 0 aliphatic rings. The minimum atomic E-state index is -3.18. The van der Waals surface area contributed by atoms with E-state index in [4.69, 9.17) is 0 Å². The lowest BCUT2D eigenvalue weighted by atomic mass is 10.2. The maximum atomic E-state index is 11.6. The van der Waals surface area contributed by atoms with Gasteiger partial charge in [0, 0.05) is 12.8 Å². The zero-order chi connectivity index (χ0) is 14.9. The molecule has 4 nitrogen and oxygen atoms in total. The summed E-state index contributed by atoms with van der Waals surface area (Å²) in [6, 6.07) is 15.1. The van der Waals surface area contributed by atoms with Crippen molar-refractivity contribution in [3.8, 4) is 0 Å². The molecule has 3 rings (SSSR count). The van der Waals surface area contributed by atoms with Gasteiger partial charge in [-0.15, -0.1) is 0 Å². The van der Waals surface area contributed by atoms with Crippen LogP contribution in [-0.4, -0.2) is 19.7 Å². The van der Waals surface area contributed by atoms with E-state index in [2.05, 4.69) is 10.3 Å². The van der Waals surface area contributed by atoms with Crippen molar-refractivity contribution >= 4 is 36.5 Å². The molecule has 0 fully saturated rings. The summed E-state index contributed by atoms with van der Waals surface area (Å²) < 4.78 is 24.0. The Labute approximate surface area is 127 Å². The molecule has 0 saturated heterocycles. The molecule has 3 aromatic rings. The summed E-state index contributed by atoms with van der Waals surface area (Å²) in [5.74, 6) is 0. The fourth-order valence-electron chi connectivity index (χ4n) is 1.98. The molecule has 0 aliphatic carbocycles. The average Bonchev–Trinajstić information content (AvgIpc) is 2.87. The van der Waals surface area contributed by atoms with Gasteiger partial charge in [0.05, 0.1) is 15.1 Å². The Bertz CT molecular complexity index is 871. The van der Waals surface area contributed by atoms with Crippen LogP contribution in [0.25, 0.3) is 10.2 Å². The number of thiazole rings is 1. The van der Waals surface area contributed by atoms with Crippen LogP contribution >= 0.6 is 11.3 Å². The number of rotatable bonds is 4. The van der Waals surface area contributed by atoms with E-state index in [1.807, 2.05) is 30.3 Å². The lowest BCUT2D eigenvalue weighted by Crippen LogP contribution is -1.97. The number of anilines is 1. The SMILES string of the molecule is CS(=O)(=O)c1ccc2nc(NCc3ccccc3)sc2c1. The van der Waals surface area contributed by atoms with E-state index in [9.17, 15) is 8.42 Å². The van der Waals surface area contributed by atoms with Crippen LogP contribution in [-0.2, 0) is 16.4 Å². The molecule has 6 heteroatoms. The topological polar surface area (TPSA) is 59.1 Å². The highest BCUT2D eigenvalue weighted by atomic mass is 32.2. The first-order valence-electron chi connectivity index (χ1n) is 6.41. The van der Waals surface area contributed by atoms with Crippen molar-refractivity contribution in [1.29, 1.82) is 0 Å². The third kappa shape index (κ3) is 3.22. The minimum absolute atomic E-state index is 0.327. The van der Waals surface area contributed by atoms with Gasteiger partial charge < -0.3 is 5.32 Å². The van der Waals surface area contributed by atoms with Crippen molar-refractivity contribution in [1.82, 2.24) is 4.98 Å². The predicted octanol–water partition coefficient (Wildman–Crippen LogP) is 3.31. The van der Waals surface area contributed by atoms with E-state index >= 15 is 0 Å². The van der Waals surface area contributed by atoms with Crippen LogP contribution in [0, 0.1) is 0 Å². The van der Waals surface area contributed by atoms with Crippen molar-refractivity contribution < 1.29 is 8.42 Å². The van der Waals surface area contributed by atoms with Gasteiger partial charge in [0.15, 0.2) is 15.0 Å². The molecule has 0 aliphatic heterocycles. The number of benzene rings is 2. The van der Waals surface area contributed by atoms with Crippen LogP contribution in [0.1, 0.15) is 5.56 Å². The number of sulfone groups is 1. The van der Waals surface area contributed by atoms with Crippen LogP contribution in [0.2, 0.25) is 0 Å². The van der Waals surface area contributed by atoms with Crippen molar-refractivity contribution in [3.63, 3.8) is 0 Å². The summed E-state index contributed by atoms with van der Waals surface area (Å²) in [7, 11) is -3.18. The third-order valence-corrected chi connectivity index (χ3v) is 5.16. The molecule has 1 heterocycles. The van der Waals surface area contributed by atoms with Gasteiger partial charge in [0.25, 0.3) is 0 Å². The first-order valence-corrected chi connectivity index (χ1v) is 9.11. The minimum Gasteiger partial charge on any atom is -0.357 e. The summed E-state index contributed by atoms with van der Waals surface area (Å²) in [5, 5.41) is 4.06. The standard InChI is InChI=1S/C15H14N2O2S2/c1-21(18,19)12-7-8-13-14(9-12)20-15(17-13)16-10-11-5-3-2-4-6-11/h2-9H,10H2,1H3,(H,16,17). The normalized spacial score (nSPS) is 11.7. The van der Waals surface area contributed by atoms with E-state index in [-0.39, 0.29) is 0 Å².